The molecule has 1 aliphatic rings. The molecule has 1 aliphatic heterocycles. The van der Waals surface area contributed by atoms with E-state index in [4.69, 9.17) is 0 Å². The molecule has 1 aromatic carbocycles. The van der Waals surface area contributed by atoms with Gasteiger partial charge in [-0.1, -0.05) is 22.0 Å². The summed E-state index contributed by atoms with van der Waals surface area (Å²) in [4.78, 5) is 2.20. The first-order valence-electron chi connectivity index (χ1n) is 5.49. The van der Waals surface area contributed by atoms with Gasteiger partial charge in [0, 0.05) is 17.6 Å². The maximum absolute atomic E-state index is 12.9. The first-order chi connectivity index (χ1) is 7.65. The molecule has 4 heteroatoms. The van der Waals surface area contributed by atoms with Gasteiger partial charge in [-0.05, 0) is 37.1 Å². The van der Waals surface area contributed by atoms with E-state index in [2.05, 4.69) is 20.8 Å². The van der Waals surface area contributed by atoms with Gasteiger partial charge in [0.2, 0.25) is 0 Å². The Morgan fingerprint density at radius 3 is 3.00 bits per heavy atom. The number of hydrogen-bond acceptors (Lipinski definition) is 2. The van der Waals surface area contributed by atoms with E-state index in [1.807, 2.05) is 0 Å². The van der Waals surface area contributed by atoms with Gasteiger partial charge in [0.15, 0.2) is 0 Å². The molecule has 1 saturated heterocycles. The number of halogens is 2. The Morgan fingerprint density at radius 1 is 1.50 bits per heavy atom. The van der Waals surface area contributed by atoms with E-state index < -0.39 is 0 Å². The third-order valence-corrected chi connectivity index (χ3v) is 3.63. The fourth-order valence-electron chi connectivity index (χ4n) is 2.07. The number of aliphatic hydroxyl groups is 1. The number of hydrogen-bond donors (Lipinski definition) is 1. The number of benzene rings is 1. The van der Waals surface area contributed by atoms with Crippen LogP contribution in [0.3, 0.4) is 0 Å². The van der Waals surface area contributed by atoms with Gasteiger partial charge in [0.25, 0.3) is 0 Å². The fraction of sp³-hybridized carbons (Fsp3) is 0.500. The molecule has 1 aromatic rings. The van der Waals surface area contributed by atoms with Gasteiger partial charge >= 0.3 is 0 Å². The van der Waals surface area contributed by atoms with E-state index in [1.54, 1.807) is 6.07 Å². The summed E-state index contributed by atoms with van der Waals surface area (Å²) in [5.74, 6) is -0.227. The van der Waals surface area contributed by atoms with Crippen molar-refractivity contribution in [2.24, 2.45) is 0 Å². The second-order valence-corrected chi connectivity index (χ2v) is 5.12. The molecular weight excluding hydrogens is 273 g/mol. The van der Waals surface area contributed by atoms with Gasteiger partial charge in [-0.25, -0.2) is 4.39 Å². The normalized spacial score (nSPS) is 22.3. The standard InChI is InChI=1S/C12H15BrFNO/c13-12-6-10(14)4-3-9(12)7-15-5-1-2-11(16)8-15/h3-4,6,11,16H,1-2,5,7-8H2/t11-/m0/s1. The zero-order chi connectivity index (χ0) is 11.5. The first kappa shape index (κ1) is 12.0. The second-order valence-electron chi connectivity index (χ2n) is 4.27. The highest BCUT2D eigenvalue weighted by Crippen LogP contribution is 2.21. The third kappa shape index (κ3) is 3.03. The molecular formula is C12H15BrFNO. The van der Waals surface area contributed by atoms with Crippen LogP contribution in [0.5, 0.6) is 0 Å². The lowest BCUT2D eigenvalue weighted by Crippen LogP contribution is -2.37. The summed E-state index contributed by atoms with van der Waals surface area (Å²) >= 11 is 3.36. The van der Waals surface area contributed by atoms with Crippen LogP contribution in [0.2, 0.25) is 0 Å². The predicted molar refractivity (Wildman–Crippen MR) is 64.6 cm³/mol. The molecule has 2 rings (SSSR count). The number of likely N-dealkylation sites (tertiary alicyclic amines) is 1. The smallest absolute Gasteiger partial charge is 0.124 e. The Balaban J connectivity index is 2.02. The lowest BCUT2D eigenvalue weighted by Gasteiger charge is -2.30. The van der Waals surface area contributed by atoms with Crippen molar-refractivity contribution in [1.29, 1.82) is 0 Å². The molecule has 0 unspecified atom stereocenters. The van der Waals surface area contributed by atoms with Crippen molar-refractivity contribution in [3.05, 3.63) is 34.1 Å². The van der Waals surface area contributed by atoms with E-state index in [0.29, 0.717) is 6.54 Å². The van der Waals surface area contributed by atoms with Crippen LogP contribution in [0.4, 0.5) is 4.39 Å². The number of aliphatic hydroxyl groups excluding tert-OH is 1. The van der Waals surface area contributed by atoms with E-state index in [-0.39, 0.29) is 11.9 Å². The first-order valence-corrected chi connectivity index (χ1v) is 6.29. The topological polar surface area (TPSA) is 23.5 Å². The maximum Gasteiger partial charge on any atom is 0.124 e. The van der Waals surface area contributed by atoms with E-state index in [0.717, 1.165) is 36.0 Å². The summed E-state index contributed by atoms with van der Waals surface area (Å²) in [6.07, 6.45) is 1.70. The second kappa shape index (κ2) is 5.25. The summed E-state index contributed by atoms with van der Waals surface area (Å²) < 4.78 is 13.7. The van der Waals surface area contributed by atoms with Crippen LogP contribution in [-0.2, 0) is 6.54 Å². The highest BCUT2D eigenvalue weighted by Gasteiger charge is 2.18. The molecule has 0 saturated carbocycles. The van der Waals surface area contributed by atoms with Gasteiger partial charge in [-0.3, -0.25) is 4.90 Å². The maximum atomic E-state index is 12.9. The predicted octanol–water partition coefficient (Wildman–Crippen LogP) is 2.54. The minimum Gasteiger partial charge on any atom is -0.392 e. The molecule has 0 spiro atoms. The Kier molecular flexibility index (Phi) is 3.95. The summed E-state index contributed by atoms with van der Waals surface area (Å²) in [7, 11) is 0. The minimum absolute atomic E-state index is 0.215. The van der Waals surface area contributed by atoms with Gasteiger partial charge < -0.3 is 5.11 Å². The van der Waals surface area contributed by atoms with Crippen molar-refractivity contribution in [3.8, 4) is 0 Å². The van der Waals surface area contributed by atoms with Crippen molar-refractivity contribution < 1.29 is 9.50 Å². The molecule has 0 aliphatic carbocycles. The van der Waals surface area contributed by atoms with Crippen LogP contribution in [0.15, 0.2) is 22.7 Å². The molecule has 1 N–H and O–H groups in total. The van der Waals surface area contributed by atoms with Crippen molar-refractivity contribution >= 4 is 15.9 Å². The summed E-state index contributed by atoms with van der Waals surface area (Å²) in [5, 5.41) is 9.56. The number of nitrogens with zero attached hydrogens (tertiary/aromatic N) is 1. The molecule has 0 bridgehead atoms. The summed E-state index contributed by atoms with van der Waals surface area (Å²) in [6, 6.07) is 4.75. The molecule has 16 heavy (non-hydrogen) atoms. The number of rotatable bonds is 2. The van der Waals surface area contributed by atoms with E-state index in [9.17, 15) is 9.50 Å². The highest BCUT2D eigenvalue weighted by atomic mass is 79.9. The van der Waals surface area contributed by atoms with Crippen LogP contribution in [0, 0.1) is 5.82 Å². The van der Waals surface area contributed by atoms with E-state index >= 15 is 0 Å². The van der Waals surface area contributed by atoms with Crippen molar-refractivity contribution in [1.82, 2.24) is 4.90 Å². The molecule has 1 atom stereocenters. The fourth-order valence-corrected chi connectivity index (χ4v) is 2.54. The largest absolute Gasteiger partial charge is 0.392 e. The van der Waals surface area contributed by atoms with Crippen LogP contribution in [-0.4, -0.2) is 29.2 Å². The van der Waals surface area contributed by atoms with Gasteiger partial charge in [-0.15, -0.1) is 0 Å². The zero-order valence-corrected chi connectivity index (χ0v) is 10.6. The Bertz CT molecular complexity index is 372. The molecule has 0 radical (unpaired) electrons. The number of β-amino-alcohol motifs (C(OH)–C–C–N with tert-alkyl or cyclic N) is 1. The lowest BCUT2D eigenvalue weighted by molar-refractivity contribution is 0.0667. The number of piperidine rings is 1. The van der Waals surface area contributed by atoms with Crippen LogP contribution in [0.25, 0.3) is 0 Å². The Hall–Kier alpha value is -0.450. The van der Waals surface area contributed by atoms with Crippen LogP contribution in [0.1, 0.15) is 18.4 Å². The minimum atomic E-state index is -0.227. The van der Waals surface area contributed by atoms with Crippen molar-refractivity contribution in [2.45, 2.75) is 25.5 Å². The highest BCUT2D eigenvalue weighted by molar-refractivity contribution is 9.10. The summed E-state index contributed by atoms with van der Waals surface area (Å²) in [6.45, 7) is 2.47. The van der Waals surface area contributed by atoms with Crippen LogP contribution < -0.4 is 0 Å². The average Bonchev–Trinajstić information content (AvgIpc) is 2.22. The van der Waals surface area contributed by atoms with Crippen molar-refractivity contribution in [2.75, 3.05) is 13.1 Å². The molecule has 2 nitrogen and oxygen atoms in total. The van der Waals surface area contributed by atoms with E-state index in [1.165, 1.54) is 12.1 Å². The quantitative estimate of drug-likeness (QED) is 0.904. The molecule has 0 aromatic heterocycles. The van der Waals surface area contributed by atoms with Crippen molar-refractivity contribution in [3.63, 3.8) is 0 Å². The van der Waals surface area contributed by atoms with Crippen LogP contribution >= 0.6 is 15.9 Å². The summed E-state index contributed by atoms with van der Waals surface area (Å²) in [5.41, 5.74) is 1.07. The third-order valence-electron chi connectivity index (χ3n) is 2.89. The van der Waals surface area contributed by atoms with Gasteiger partial charge in [-0.2, -0.15) is 0 Å². The monoisotopic (exact) mass is 287 g/mol. The molecule has 1 heterocycles. The lowest BCUT2D eigenvalue weighted by atomic mass is 10.1. The Labute approximate surface area is 103 Å². The SMILES string of the molecule is O[C@H]1CCCN(Cc2ccc(F)cc2Br)C1. The Morgan fingerprint density at radius 2 is 2.31 bits per heavy atom. The average molecular weight is 288 g/mol. The zero-order valence-electron chi connectivity index (χ0n) is 9.00. The molecule has 1 fully saturated rings. The molecule has 0 amide bonds. The molecule has 88 valence electrons. The van der Waals surface area contributed by atoms with Gasteiger partial charge in [0.1, 0.15) is 5.82 Å². The van der Waals surface area contributed by atoms with Gasteiger partial charge in [0.05, 0.1) is 6.10 Å².